The first-order chi connectivity index (χ1) is 9.90. The number of hydrogen-bond acceptors (Lipinski definition) is 3. The van der Waals surface area contributed by atoms with Crippen LogP contribution in [0.4, 0.5) is 5.69 Å². The molecule has 0 amide bonds. The van der Waals surface area contributed by atoms with Gasteiger partial charge in [0.1, 0.15) is 12.4 Å². The van der Waals surface area contributed by atoms with Gasteiger partial charge in [0, 0.05) is 21.8 Å². The minimum absolute atomic E-state index is 0.0182. The lowest BCUT2D eigenvalue weighted by Crippen LogP contribution is -2.09. The third kappa shape index (κ3) is 3.61. The Kier molecular flexibility index (Phi) is 4.98. The van der Waals surface area contributed by atoms with Crippen LogP contribution in [-0.4, -0.2) is 11.1 Å². The molecule has 0 saturated carbocycles. The molecule has 0 spiro atoms. The second-order valence-corrected chi connectivity index (χ2v) is 5.84. The number of halogens is 3. The average molecular weight is 391 g/mol. The average Bonchev–Trinajstić information content (AvgIpc) is 2.41. The molecule has 21 heavy (non-hydrogen) atoms. The molecule has 0 saturated heterocycles. The van der Waals surface area contributed by atoms with Crippen LogP contribution in [-0.2, 0) is 6.61 Å². The molecule has 2 rings (SSSR count). The number of benzene rings is 2. The number of rotatable bonds is 4. The summed E-state index contributed by atoms with van der Waals surface area (Å²) in [4.78, 5) is 11.2. The zero-order valence-corrected chi connectivity index (χ0v) is 13.7. The zero-order valence-electron chi connectivity index (χ0n) is 10.6. The van der Waals surface area contributed by atoms with Gasteiger partial charge in [-0.15, -0.1) is 0 Å². The van der Waals surface area contributed by atoms with Crippen molar-refractivity contribution in [1.29, 1.82) is 0 Å². The predicted molar refractivity (Wildman–Crippen MR) is 86.3 cm³/mol. The first kappa shape index (κ1) is 15.9. The van der Waals surface area contributed by atoms with E-state index in [4.69, 9.17) is 33.7 Å². The number of hydrogen-bond donors (Lipinski definition) is 2. The fourth-order valence-corrected chi connectivity index (χ4v) is 2.62. The predicted octanol–water partition coefficient (Wildman–Crippen LogP) is 4.62. The van der Waals surface area contributed by atoms with Crippen LogP contribution < -0.4 is 10.5 Å². The number of nitrogen functional groups attached to an aromatic ring is 1. The Labute approximate surface area is 139 Å². The molecule has 110 valence electrons. The topological polar surface area (TPSA) is 72.5 Å². The summed E-state index contributed by atoms with van der Waals surface area (Å²) in [6.07, 6.45) is 0. The molecule has 0 bridgehead atoms. The maximum absolute atomic E-state index is 11.2. The zero-order chi connectivity index (χ0) is 15.6. The van der Waals surface area contributed by atoms with E-state index >= 15 is 0 Å². The molecule has 0 fully saturated rings. The molecule has 4 nitrogen and oxygen atoms in total. The first-order valence-electron chi connectivity index (χ1n) is 5.78. The maximum atomic E-state index is 11.2. The van der Waals surface area contributed by atoms with E-state index in [2.05, 4.69) is 15.9 Å². The highest BCUT2D eigenvalue weighted by Crippen LogP contribution is 2.34. The number of carboxylic acids is 1. The van der Waals surface area contributed by atoms with Crippen molar-refractivity contribution in [2.24, 2.45) is 0 Å². The Morgan fingerprint density at radius 2 is 2.00 bits per heavy atom. The van der Waals surface area contributed by atoms with Crippen LogP contribution >= 0.6 is 39.1 Å². The SMILES string of the molecule is Nc1cccc(COc2cc(Cl)c(Br)cc2Cl)c1C(=O)O. The summed E-state index contributed by atoms with van der Waals surface area (Å²) >= 11 is 15.3. The van der Waals surface area contributed by atoms with E-state index in [-0.39, 0.29) is 17.9 Å². The summed E-state index contributed by atoms with van der Waals surface area (Å²) in [7, 11) is 0. The van der Waals surface area contributed by atoms with Gasteiger partial charge in [-0.2, -0.15) is 0 Å². The first-order valence-corrected chi connectivity index (χ1v) is 7.33. The lowest BCUT2D eigenvalue weighted by molar-refractivity contribution is 0.0695. The molecular weight excluding hydrogens is 381 g/mol. The van der Waals surface area contributed by atoms with Crippen molar-refractivity contribution >= 4 is 50.8 Å². The standard InChI is InChI=1S/C14H10BrCl2NO3/c15-8-4-10(17)12(5-9(8)16)21-6-7-2-1-3-11(18)13(7)14(19)20/h1-5H,6,18H2,(H,19,20). The van der Waals surface area contributed by atoms with Gasteiger partial charge in [-0.1, -0.05) is 35.3 Å². The molecule has 3 N–H and O–H groups in total. The van der Waals surface area contributed by atoms with E-state index in [1.165, 1.54) is 6.07 Å². The summed E-state index contributed by atoms with van der Waals surface area (Å²) in [6.45, 7) is 0.0182. The highest BCUT2D eigenvalue weighted by molar-refractivity contribution is 9.10. The molecule has 0 atom stereocenters. The number of carbonyl (C=O) groups is 1. The largest absolute Gasteiger partial charge is 0.487 e. The quantitative estimate of drug-likeness (QED) is 0.590. The molecule has 7 heteroatoms. The maximum Gasteiger partial charge on any atom is 0.338 e. The molecule has 0 heterocycles. The number of carboxylic acid groups (broad SMARTS) is 1. The minimum Gasteiger partial charge on any atom is -0.487 e. The molecular formula is C14H10BrCl2NO3. The summed E-state index contributed by atoms with van der Waals surface area (Å²) in [6, 6.07) is 7.98. The van der Waals surface area contributed by atoms with Crippen LogP contribution in [0.1, 0.15) is 15.9 Å². The van der Waals surface area contributed by atoms with E-state index in [1.807, 2.05) is 0 Å². The monoisotopic (exact) mass is 389 g/mol. The molecule has 0 aromatic heterocycles. The van der Waals surface area contributed by atoms with Gasteiger partial charge >= 0.3 is 5.97 Å². The Morgan fingerprint density at radius 3 is 2.67 bits per heavy atom. The van der Waals surface area contributed by atoms with E-state index in [0.717, 1.165) is 0 Å². The Hall–Kier alpha value is -1.43. The molecule has 0 radical (unpaired) electrons. The second kappa shape index (κ2) is 6.56. The number of aromatic carboxylic acids is 1. The molecule has 0 aliphatic heterocycles. The Morgan fingerprint density at radius 1 is 1.29 bits per heavy atom. The third-order valence-electron chi connectivity index (χ3n) is 2.75. The van der Waals surface area contributed by atoms with Crippen LogP contribution in [0.2, 0.25) is 10.0 Å². The molecule has 0 aliphatic carbocycles. The van der Waals surface area contributed by atoms with Crippen molar-refractivity contribution in [2.45, 2.75) is 6.61 Å². The third-order valence-corrected chi connectivity index (χ3v) is 4.25. The van der Waals surface area contributed by atoms with Gasteiger partial charge in [0.15, 0.2) is 0 Å². The van der Waals surface area contributed by atoms with Gasteiger partial charge in [0.05, 0.1) is 15.6 Å². The molecule has 2 aromatic rings. The summed E-state index contributed by atoms with van der Waals surface area (Å²) in [5.74, 6) is -0.740. The smallest absolute Gasteiger partial charge is 0.338 e. The minimum atomic E-state index is -1.10. The van der Waals surface area contributed by atoms with Crippen molar-refractivity contribution in [3.05, 3.63) is 56.0 Å². The van der Waals surface area contributed by atoms with Crippen molar-refractivity contribution in [1.82, 2.24) is 0 Å². The second-order valence-electron chi connectivity index (χ2n) is 4.17. The number of nitrogens with two attached hydrogens (primary N) is 1. The Bertz CT molecular complexity index is 707. The number of anilines is 1. The lowest BCUT2D eigenvalue weighted by Gasteiger charge is -2.12. The fourth-order valence-electron chi connectivity index (χ4n) is 1.77. The molecule has 0 aliphatic rings. The lowest BCUT2D eigenvalue weighted by atomic mass is 10.1. The van der Waals surface area contributed by atoms with Crippen molar-refractivity contribution in [3.63, 3.8) is 0 Å². The summed E-state index contributed by atoms with van der Waals surface area (Å²) in [5.41, 5.74) is 6.34. The van der Waals surface area contributed by atoms with Gasteiger partial charge in [0.2, 0.25) is 0 Å². The van der Waals surface area contributed by atoms with Crippen molar-refractivity contribution in [3.8, 4) is 5.75 Å². The Balaban J connectivity index is 2.27. The fraction of sp³-hybridized carbons (Fsp3) is 0.0714. The van der Waals surface area contributed by atoms with Gasteiger partial charge in [0.25, 0.3) is 0 Å². The van der Waals surface area contributed by atoms with Crippen molar-refractivity contribution in [2.75, 3.05) is 5.73 Å². The molecule has 0 unspecified atom stereocenters. The van der Waals surface area contributed by atoms with Crippen molar-refractivity contribution < 1.29 is 14.6 Å². The van der Waals surface area contributed by atoms with E-state index in [0.29, 0.717) is 25.8 Å². The number of ether oxygens (including phenoxy) is 1. The summed E-state index contributed by atoms with van der Waals surface area (Å²) < 4.78 is 6.20. The van der Waals surface area contributed by atoms with Crippen LogP contribution in [0, 0.1) is 0 Å². The van der Waals surface area contributed by atoms with Crippen LogP contribution in [0.3, 0.4) is 0 Å². The highest BCUT2D eigenvalue weighted by Gasteiger charge is 2.15. The van der Waals surface area contributed by atoms with Gasteiger partial charge < -0.3 is 15.6 Å². The summed E-state index contributed by atoms with van der Waals surface area (Å²) in [5, 5.41) is 10.0. The normalized spacial score (nSPS) is 10.4. The highest BCUT2D eigenvalue weighted by atomic mass is 79.9. The van der Waals surface area contributed by atoms with Gasteiger partial charge in [-0.05, 0) is 28.1 Å². The van der Waals surface area contributed by atoms with E-state index < -0.39 is 5.97 Å². The van der Waals surface area contributed by atoms with E-state index in [1.54, 1.807) is 24.3 Å². The van der Waals surface area contributed by atoms with E-state index in [9.17, 15) is 9.90 Å². The van der Waals surface area contributed by atoms with Gasteiger partial charge in [-0.3, -0.25) is 0 Å². The van der Waals surface area contributed by atoms with Gasteiger partial charge in [-0.25, -0.2) is 4.79 Å². The van der Waals surface area contributed by atoms with Crippen LogP contribution in [0.5, 0.6) is 5.75 Å². The van der Waals surface area contributed by atoms with Crippen LogP contribution in [0.25, 0.3) is 0 Å². The molecule has 2 aromatic carbocycles. The van der Waals surface area contributed by atoms with Crippen LogP contribution in [0.15, 0.2) is 34.8 Å².